The summed E-state index contributed by atoms with van der Waals surface area (Å²) in [4.78, 5) is 16.3. The number of carbonyl (C=O) groups is 1. The highest BCUT2D eigenvalue weighted by molar-refractivity contribution is 8.14. The van der Waals surface area contributed by atoms with E-state index in [0.717, 1.165) is 5.75 Å². The highest BCUT2D eigenvalue weighted by atomic mass is 32.2. The Morgan fingerprint density at radius 3 is 2.38 bits per heavy atom. The minimum atomic E-state index is -3.69. The van der Waals surface area contributed by atoms with Gasteiger partial charge in [0.15, 0.2) is 5.17 Å². The summed E-state index contributed by atoms with van der Waals surface area (Å²) in [5, 5.41) is 3.30. The first kappa shape index (κ1) is 16.5. The number of para-hydroxylation sites is 1. The number of carbonyl (C=O) groups excluding carboxylic acids is 1. The summed E-state index contributed by atoms with van der Waals surface area (Å²) in [6.45, 7) is 0.697. The van der Waals surface area contributed by atoms with Crippen molar-refractivity contribution in [1.82, 2.24) is 5.32 Å². The van der Waals surface area contributed by atoms with E-state index in [2.05, 4.69) is 15.0 Å². The molecule has 1 aliphatic heterocycles. The number of sulfonamides is 1. The van der Waals surface area contributed by atoms with Crippen LogP contribution in [0, 0.1) is 0 Å². The molecule has 0 saturated carbocycles. The number of nitrogens with zero attached hydrogens (tertiary/aromatic N) is 1. The summed E-state index contributed by atoms with van der Waals surface area (Å²) in [6.07, 6.45) is 0. The fraction of sp³-hybridized carbons (Fsp3) is 0.125. The zero-order chi connectivity index (χ0) is 17.0. The van der Waals surface area contributed by atoms with Crippen LogP contribution in [0.2, 0.25) is 0 Å². The molecule has 2 N–H and O–H groups in total. The van der Waals surface area contributed by atoms with Gasteiger partial charge in [-0.15, -0.1) is 0 Å². The number of amides is 1. The Bertz CT molecular complexity index is 863. The Kier molecular flexibility index (Phi) is 4.86. The third-order valence-electron chi connectivity index (χ3n) is 3.26. The van der Waals surface area contributed by atoms with Gasteiger partial charge in [-0.2, -0.15) is 0 Å². The predicted molar refractivity (Wildman–Crippen MR) is 95.9 cm³/mol. The summed E-state index contributed by atoms with van der Waals surface area (Å²) in [5.41, 5.74) is 0.861. The van der Waals surface area contributed by atoms with E-state index in [-0.39, 0.29) is 10.8 Å². The van der Waals surface area contributed by atoms with Gasteiger partial charge >= 0.3 is 0 Å². The van der Waals surface area contributed by atoms with Gasteiger partial charge in [0.1, 0.15) is 0 Å². The first-order valence-corrected chi connectivity index (χ1v) is 9.68. The fourth-order valence-electron chi connectivity index (χ4n) is 2.09. The standard InChI is InChI=1S/C16H15N3O3S2/c20-15(18-16-17-10-11-23-16)12-6-8-14(9-7-12)24(21,22)19-13-4-2-1-3-5-13/h1-9,19H,10-11H2,(H,17,18,20). The summed E-state index contributed by atoms with van der Waals surface area (Å²) in [5.74, 6) is 0.556. The van der Waals surface area contributed by atoms with E-state index in [4.69, 9.17) is 0 Å². The molecular formula is C16H15N3O3S2. The van der Waals surface area contributed by atoms with Crippen LogP contribution in [0.15, 0.2) is 64.5 Å². The lowest BCUT2D eigenvalue weighted by molar-refractivity contribution is 0.0978. The highest BCUT2D eigenvalue weighted by Crippen LogP contribution is 2.17. The summed E-state index contributed by atoms with van der Waals surface area (Å²) in [6, 6.07) is 14.4. The molecule has 0 bridgehead atoms. The van der Waals surface area contributed by atoms with Gasteiger partial charge in [0, 0.05) is 17.0 Å². The van der Waals surface area contributed by atoms with Gasteiger partial charge in [-0.1, -0.05) is 30.0 Å². The molecule has 0 spiro atoms. The lowest BCUT2D eigenvalue weighted by atomic mass is 10.2. The van der Waals surface area contributed by atoms with Crippen molar-refractivity contribution in [2.75, 3.05) is 17.0 Å². The maximum Gasteiger partial charge on any atom is 0.261 e. The molecule has 0 aromatic heterocycles. The number of benzene rings is 2. The van der Waals surface area contributed by atoms with Crippen LogP contribution >= 0.6 is 11.8 Å². The van der Waals surface area contributed by atoms with Crippen molar-refractivity contribution in [2.24, 2.45) is 4.99 Å². The van der Waals surface area contributed by atoms with Crippen molar-refractivity contribution in [2.45, 2.75) is 4.90 Å². The van der Waals surface area contributed by atoms with Crippen molar-refractivity contribution < 1.29 is 13.2 Å². The Hall–Kier alpha value is -2.32. The number of hydrogen-bond donors (Lipinski definition) is 2. The number of anilines is 1. The van der Waals surface area contributed by atoms with Gasteiger partial charge in [-0.05, 0) is 36.4 Å². The third-order valence-corrected chi connectivity index (χ3v) is 5.55. The maximum absolute atomic E-state index is 12.3. The Labute approximate surface area is 144 Å². The second-order valence-electron chi connectivity index (χ2n) is 4.99. The Balaban J connectivity index is 1.72. The zero-order valence-corrected chi connectivity index (χ0v) is 14.2. The second kappa shape index (κ2) is 7.06. The number of nitrogens with one attached hydrogen (secondary N) is 2. The van der Waals surface area contributed by atoms with Crippen molar-refractivity contribution in [3.8, 4) is 0 Å². The number of aliphatic imine (C=N–C) groups is 1. The van der Waals surface area contributed by atoms with E-state index in [1.165, 1.54) is 36.0 Å². The largest absolute Gasteiger partial charge is 0.301 e. The smallest absolute Gasteiger partial charge is 0.261 e. The van der Waals surface area contributed by atoms with E-state index < -0.39 is 10.0 Å². The van der Waals surface area contributed by atoms with Gasteiger partial charge in [0.05, 0.1) is 11.4 Å². The topological polar surface area (TPSA) is 87.6 Å². The molecule has 0 atom stereocenters. The molecule has 3 rings (SSSR count). The molecule has 2 aromatic carbocycles. The van der Waals surface area contributed by atoms with Gasteiger partial charge < -0.3 is 5.32 Å². The Morgan fingerprint density at radius 1 is 1.04 bits per heavy atom. The van der Waals surface area contributed by atoms with Crippen molar-refractivity contribution in [3.05, 3.63) is 60.2 Å². The molecule has 0 radical (unpaired) electrons. The van der Waals surface area contributed by atoms with Crippen molar-refractivity contribution in [1.29, 1.82) is 0 Å². The van der Waals surface area contributed by atoms with E-state index in [9.17, 15) is 13.2 Å². The van der Waals surface area contributed by atoms with Crippen LogP contribution in [0.25, 0.3) is 0 Å². The quantitative estimate of drug-likeness (QED) is 0.875. The molecular weight excluding hydrogens is 346 g/mol. The van der Waals surface area contributed by atoms with E-state index >= 15 is 0 Å². The van der Waals surface area contributed by atoms with Gasteiger partial charge in [0.25, 0.3) is 15.9 Å². The number of amidine groups is 1. The zero-order valence-electron chi connectivity index (χ0n) is 12.6. The van der Waals surface area contributed by atoms with Crippen LogP contribution in [0.4, 0.5) is 5.69 Å². The number of thioether (sulfide) groups is 1. The SMILES string of the molecule is O=C(NC1=NCCS1)c1ccc(S(=O)(=O)Nc2ccccc2)cc1. The normalized spacial score (nSPS) is 14.1. The molecule has 1 aliphatic rings. The lowest BCUT2D eigenvalue weighted by Crippen LogP contribution is -2.27. The van der Waals surface area contributed by atoms with Crippen LogP contribution in [-0.2, 0) is 10.0 Å². The predicted octanol–water partition coefficient (Wildman–Crippen LogP) is 2.32. The average molecular weight is 361 g/mol. The number of hydrogen-bond acceptors (Lipinski definition) is 5. The lowest BCUT2D eigenvalue weighted by Gasteiger charge is -2.09. The molecule has 0 saturated heterocycles. The number of rotatable bonds is 4. The van der Waals surface area contributed by atoms with Crippen LogP contribution in [0.1, 0.15) is 10.4 Å². The van der Waals surface area contributed by atoms with Crippen molar-refractivity contribution in [3.63, 3.8) is 0 Å². The third kappa shape index (κ3) is 3.95. The average Bonchev–Trinajstić information content (AvgIpc) is 3.08. The van der Waals surface area contributed by atoms with Crippen LogP contribution in [-0.4, -0.2) is 31.8 Å². The maximum atomic E-state index is 12.3. The minimum Gasteiger partial charge on any atom is -0.301 e. The molecule has 1 amide bonds. The highest BCUT2D eigenvalue weighted by Gasteiger charge is 2.16. The van der Waals surface area contributed by atoms with Gasteiger partial charge in [-0.3, -0.25) is 14.5 Å². The summed E-state index contributed by atoms with van der Waals surface area (Å²) in [7, 11) is -3.69. The van der Waals surface area contributed by atoms with Gasteiger partial charge in [0.2, 0.25) is 0 Å². The summed E-state index contributed by atoms with van der Waals surface area (Å²) < 4.78 is 27.1. The molecule has 0 fully saturated rings. The van der Waals surface area contributed by atoms with Crippen LogP contribution in [0.5, 0.6) is 0 Å². The second-order valence-corrected chi connectivity index (χ2v) is 7.75. The minimum absolute atomic E-state index is 0.0930. The molecule has 124 valence electrons. The molecule has 24 heavy (non-hydrogen) atoms. The van der Waals surface area contributed by atoms with Crippen LogP contribution in [0.3, 0.4) is 0 Å². The first-order chi connectivity index (χ1) is 11.5. The molecule has 1 heterocycles. The Morgan fingerprint density at radius 2 is 1.75 bits per heavy atom. The van der Waals surface area contributed by atoms with E-state index in [1.807, 2.05) is 0 Å². The van der Waals surface area contributed by atoms with E-state index in [0.29, 0.717) is 23.0 Å². The molecule has 0 aliphatic carbocycles. The molecule has 6 nitrogen and oxygen atoms in total. The van der Waals surface area contributed by atoms with Crippen molar-refractivity contribution >= 4 is 38.5 Å². The molecule has 0 unspecified atom stereocenters. The fourth-order valence-corrected chi connectivity index (χ4v) is 3.87. The molecule has 2 aromatic rings. The van der Waals surface area contributed by atoms with E-state index in [1.54, 1.807) is 30.3 Å². The summed E-state index contributed by atoms with van der Waals surface area (Å²) >= 11 is 1.49. The monoisotopic (exact) mass is 361 g/mol. The first-order valence-electron chi connectivity index (χ1n) is 7.21. The molecule has 8 heteroatoms. The van der Waals surface area contributed by atoms with Crippen LogP contribution < -0.4 is 10.0 Å². The van der Waals surface area contributed by atoms with Gasteiger partial charge in [-0.25, -0.2) is 8.42 Å².